The van der Waals surface area contributed by atoms with Crippen molar-refractivity contribution in [3.63, 3.8) is 0 Å². The Hall–Kier alpha value is -2.88. The van der Waals surface area contributed by atoms with E-state index < -0.39 is 0 Å². The molecule has 3 rings (SSSR count). The standard InChI is InChI=1S/C19H16O4/c1-12(13-6-4-3-5-7-13)23-14-8-9-15-16(10-14)17(20)11-18(22-2)19(15)21/h3-12H,1-2H3. The first-order chi connectivity index (χ1) is 11.1. The molecule has 0 amide bonds. The Morgan fingerprint density at radius 2 is 1.70 bits per heavy atom. The van der Waals surface area contributed by atoms with Crippen molar-refractivity contribution >= 4 is 11.6 Å². The van der Waals surface area contributed by atoms with Crippen LogP contribution in [0.2, 0.25) is 0 Å². The molecule has 0 saturated carbocycles. The number of hydrogen-bond donors (Lipinski definition) is 0. The number of ether oxygens (including phenoxy) is 2. The molecule has 23 heavy (non-hydrogen) atoms. The second-order valence-corrected chi connectivity index (χ2v) is 5.28. The van der Waals surface area contributed by atoms with E-state index in [1.165, 1.54) is 13.2 Å². The van der Waals surface area contributed by atoms with Crippen LogP contribution in [0.1, 0.15) is 39.3 Å². The Balaban J connectivity index is 1.88. The summed E-state index contributed by atoms with van der Waals surface area (Å²) in [5, 5.41) is 0. The van der Waals surface area contributed by atoms with Gasteiger partial charge in [0.1, 0.15) is 11.9 Å². The Labute approximate surface area is 134 Å². The smallest absolute Gasteiger partial charge is 0.228 e. The molecular formula is C19H16O4. The predicted molar refractivity (Wildman–Crippen MR) is 85.7 cm³/mol. The van der Waals surface area contributed by atoms with E-state index >= 15 is 0 Å². The highest BCUT2D eigenvalue weighted by Crippen LogP contribution is 2.28. The fourth-order valence-electron chi connectivity index (χ4n) is 2.54. The van der Waals surface area contributed by atoms with E-state index in [0.29, 0.717) is 16.9 Å². The molecule has 0 N–H and O–H groups in total. The van der Waals surface area contributed by atoms with Gasteiger partial charge in [-0.3, -0.25) is 9.59 Å². The lowest BCUT2D eigenvalue weighted by molar-refractivity contribution is 0.0916. The summed E-state index contributed by atoms with van der Waals surface area (Å²) in [6, 6.07) is 14.7. The van der Waals surface area contributed by atoms with Crippen LogP contribution in [-0.4, -0.2) is 18.7 Å². The van der Waals surface area contributed by atoms with Gasteiger partial charge in [0.05, 0.1) is 7.11 Å². The Morgan fingerprint density at radius 3 is 2.39 bits per heavy atom. The van der Waals surface area contributed by atoms with Crippen LogP contribution in [0.3, 0.4) is 0 Å². The zero-order valence-corrected chi connectivity index (χ0v) is 12.9. The van der Waals surface area contributed by atoms with Gasteiger partial charge in [-0.05, 0) is 30.7 Å². The Morgan fingerprint density at radius 1 is 0.957 bits per heavy atom. The van der Waals surface area contributed by atoms with Gasteiger partial charge in [-0.15, -0.1) is 0 Å². The maximum absolute atomic E-state index is 12.2. The minimum absolute atomic E-state index is 0.0637. The lowest BCUT2D eigenvalue weighted by atomic mass is 9.93. The molecule has 0 bridgehead atoms. The van der Waals surface area contributed by atoms with Crippen LogP contribution in [0, 0.1) is 0 Å². The molecule has 116 valence electrons. The van der Waals surface area contributed by atoms with Gasteiger partial charge in [0.15, 0.2) is 11.5 Å². The molecule has 2 aromatic carbocycles. The van der Waals surface area contributed by atoms with E-state index in [0.717, 1.165) is 5.56 Å². The van der Waals surface area contributed by atoms with Crippen molar-refractivity contribution in [3.05, 3.63) is 77.1 Å². The number of ketones is 2. The first-order valence-electron chi connectivity index (χ1n) is 7.30. The molecule has 0 fully saturated rings. The van der Waals surface area contributed by atoms with Gasteiger partial charge in [-0.1, -0.05) is 30.3 Å². The van der Waals surface area contributed by atoms with Crippen LogP contribution in [0.4, 0.5) is 0 Å². The van der Waals surface area contributed by atoms with Crippen LogP contribution < -0.4 is 4.74 Å². The monoisotopic (exact) mass is 308 g/mol. The molecule has 1 aliphatic carbocycles. The number of hydrogen-bond acceptors (Lipinski definition) is 4. The minimum atomic E-state index is -0.287. The zero-order chi connectivity index (χ0) is 16.4. The SMILES string of the molecule is COC1=CC(=O)c2cc(OC(C)c3ccccc3)ccc2C1=O. The van der Waals surface area contributed by atoms with Gasteiger partial charge in [-0.25, -0.2) is 0 Å². The normalized spacial score (nSPS) is 14.8. The highest BCUT2D eigenvalue weighted by Gasteiger charge is 2.26. The summed E-state index contributed by atoms with van der Waals surface area (Å²) in [6.45, 7) is 1.94. The van der Waals surface area contributed by atoms with Crippen molar-refractivity contribution in [1.29, 1.82) is 0 Å². The van der Waals surface area contributed by atoms with E-state index in [2.05, 4.69) is 0 Å². The molecular weight excluding hydrogens is 292 g/mol. The lowest BCUT2D eigenvalue weighted by Gasteiger charge is -2.18. The molecule has 0 spiro atoms. The molecule has 1 aliphatic rings. The van der Waals surface area contributed by atoms with Crippen molar-refractivity contribution in [1.82, 2.24) is 0 Å². The summed E-state index contributed by atoms with van der Waals surface area (Å²) in [7, 11) is 1.38. The summed E-state index contributed by atoms with van der Waals surface area (Å²) in [6.07, 6.45) is 1.06. The molecule has 1 unspecified atom stereocenters. The van der Waals surface area contributed by atoms with Crippen LogP contribution in [-0.2, 0) is 4.74 Å². The number of methoxy groups -OCH3 is 1. The van der Waals surface area contributed by atoms with E-state index in [1.54, 1.807) is 18.2 Å². The quantitative estimate of drug-likeness (QED) is 0.863. The van der Waals surface area contributed by atoms with Crippen molar-refractivity contribution in [2.45, 2.75) is 13.0 Å². The van der Waals surface area contributed by atoms with E-state index in [-0.39, 0.29) is 23.4 Å². The second-order valence-electron chi connectivity index (χ2n) is 5.28. The summed E-state index contributed by atoms with van der Waals surface area (Å²) in [4.78, 5) is 24.3. The van der Waals surface area contributed by atoms with Crippen molar-refractivity contribution in [2.75, 3.05) is 7.11 Å². The predicted octanol–water partition coefficient (Wildman–Crippen LogP) is 3.74. The molecule has 0 radical (unpaired) electrons. The number of Topliss-reactive ketones (excluding diaryl/α,β-unsaturated/α-hetero) is 1. The maximum Gasteiger partial charge on any atom is 0.228 e. The van der Waals surface area contributed by atoms with Crippen molar-refractivity contribution in [2.24, 2.45) is 0 Å². The topological polar surface area (TPSA) is 52.6 Å². The average molecular weight is 308 g/mol. The van der Waals surface area contributed by atoms with Crippen LogP contribution >= 0.6 is 0 Å². The first kappa shape index (κ1) is 15.0. The molecule has 0 aromatic heterocycles. The summed E-state index contributed by atoms with van der Waals surface area (Å²) >= 11 is 0. The summed E-state index contributed by atoms with van der Waals surface area (Å²) < 4.78 is 10.8. The van der Waals surface area contributed by atoms with Gasteiger partial charge in [0, 0.05) is 17.2 Å². The van der Waals surface area contributed by atoms with Crippen LogP contribution in [0.25, 0.3) is 0 Å². The lowest BCUT2D eigenvalue weighted by Crippen LogP contribution is -2.18. The molecule has 4 heteroatoms. The second kappa shape index (κ2) is 6.08. The summed E-state index contributed by atoms with van der Waals surface area (Å²) in [5.74, 6) is 0.0726. The number of carbonyl (C=O) groups excluding carboxylic acids is 2. The highest BCUT2D eigenvalue weighted by molar-refractivity contribution is 6.23. The van der Waals surface area contributed by atoms with Crippen LogP contribution in [0.5, 0.6) is 5.75 Å². The van der Waals surface area contributed by atoms with Gasteiger partial charge in [0.25, 0.3) is 0 Å². The number of benzene rings is 2. The third-order valence-electron chi connectivity index (χ3n) is 3.79. The number of allylic oxidation sites excluding steroid dienone is 2. The average Bonchev–Trinajstić information content (AvgIpc) is 2.58. The fourth-order valence-corrected chi connectivity index (χ4v) is 2.54. The summed E-state index contributed by atoms with van der Waals surface area (Å²) in [5.41, 5.74) is 1.72. The maximum atomic E-state index is 12.2. The zero-order valence-electron chi connectivity index (χ0n) is 12.9. The Bertz CT molecular complexity index is 790. The van der Waals surface area contributed by atoms with E-state index in [1.807, 2.05) is 37.3 Å². The molecule has 0 saturated heterocycles. The number of rotatable bonds is 4. The largest absolute Gasteiger partial charge is 0.492 e. The third-order valence-corrected chi connectivity index (χ3v) is 3.79. The highest BCUT2D eigenvalue weighted by atomic mass is 16.5. The van der Waals surface area contributed by atoms with E-state index in [4.69, 9.17) is 9.47 Å². The molecule has 0 heterocycles. The molecule has 0 aliphatic heterocycles. The van der Waals surface area contributed by atoms with E-state index in [9.17, 15) is 9.59 Å². The molecule has 1 atom stereocenters. The van der Waals surface area contributed by atoms with Crippen molar-refractivity contribution < 1.29 is 19.1 Å². The van der Waals surface area contributed by atoms with Gasteiger partial charge in [0.2, 0.25) is 5.78 Å². The van der Waals surface area contributed by atoms with Gasteiger partial charge >= 0.3 is 0 Å². The van der Waals surface area contributed by atoms with Crippen molar-refractivity contribution in [3.8, 4) is 5.75 Å². The van der Waals surface area contributed by atoms with Crippen LogP contribution in [0.15, 0.2) is 60.4 Å². The van der Waals surface area contributed by atoms with Gasteiger partial charge < -0.3 is 9.47 Å². The number of carbonyl (C=O) groups is 2. The Kier molecular flexibility index (Phi) is 3.98. The fraction of sp³-hybridized carbons (Fsp3) is 0.158. The first-order valence-corrected chi connectivity index (χ1v) is 7.30. The minimum Gasteiger partial charge on any atom is -0.492 e. The third kappa shape index (κ3) is 2.88. The molecule has 2 aromatic rings. The molecule has 4 nitrogen and oxygen atoms in total. The van der Waals surface area contributed by atoms with Gasteiger partial charge in [-0.2, -0.15) is 0 Å². The number of fused-ring (bicyclic) bond motifs is 1.